The van der Waals surface area contributed by atoms with E-state index >= 15 is 0 Å². The first-order chi connectivity index (χ1) is 15.4. The normalized spacial score (nSPS) is 15.6. The molecule has 1 amide bonds. The number of rotatable bonds is 6. The number of ether oxygens (including phenoxy) is 2. The number of carbonyl (C=O) groups excluding carboxylic acids is 1. The van der Waals surface area contributed by atoms with Gasteiger partial charge in [-0.05, 0) is 51.7 Å². The van der Waals surface area contributed by atoms with Crippen molar-refractivity contribution >= 4 is 16.8 Å². The van der Waals surface area contributed by atoms with E-state index in [1.54, 1.807) is 13.0 Å². The van der Waals surface area contributed by atoms with E-state index in [2.05, 4.69) is 27.9 Å². The highest BCUT2D eigenvalue weighted by Gasteiger charge is 2.27. The summed E-state index contributed by atoms with van der Waals surface area (Å²) < 4.78 is 13.2. The molecule has 4 rings (SSSR count). The first-order valence-electron chi connectivity index (χ1n) is 11.1. The molecule has 1 aliphatic heterocycles. The zero-order valence-corrected chi connectivity index (χ0v) is 19.2. The fraction of sp³-hybridized carbons (Fsp3) is 0.440. The molecule has 0 bridgehead atoms. The summed E-state index contributed by atoms with van der Waals surface area (Å²) in [5, 5.41) is 3.87. The molecule has 0 saturated carbocycles. The minimum absolute atomic E-state index is 0.0894. The quantitative estimate of drug-likeness (QED) is 0.613. The minimum Gasteiger partial charge on any atom is -0.496 e. The topological polar surface area (TPSA) is 85.4 Å². The molecule has 1 fully saturated rings. The predicted octanol–water partition coefficient (Wildman–Crippen LogP) is 3.87. The SMILES string of the molecule is COc1cc(C)[nH]c(=O)c1CNC(=O)c1c(C)n([C@@H](C)C2CCOCC2)c2ccccc12. The monoisotopic (exact) mass is 437 g/mol. The van der Waals surface area contributed by atoms with E-state index in [-0.39, 0.29) is 24.1 Å². The lowest BCUT2D eigenvalue weighted by atomic mass is 9.92. The number of aromatic nitrogens is 2. The molecule has 2 N–H and O–H groups in total. The molecule has 1 saturated heterocycles. The molecule has 1 aliphatic rings. The summed E-state index contributed by atoms with van der Waals surface area (Å²) in [6, 6.07) is 10.0. The number of fused-ring (bicyclic) bond motifs is 1. The largest absolute Gasteiger partial charge is 0.496 e. The van der Waals surface area contributed by atoms with E-state index in [0.29, 0.717) is 28.5 Å². The number of hydrogen-bond acceptors (Lipinski definition) is 4. The van der Waals surface area contributed by atoms with Crippen molar-refractivity contribution in [2.75, 3.05) is 20.3 Å². The third-order valence-corrected chi connectivity index (χ3v) is 6.61. The highest BCUT2D eigenvalue weighted by Crippen LogP contribution is 2.35. The third kappa shape index (κ3) is 4.05. The van der Waals surface area contributed by atoms with Crippen molar-refractivity contribution in [1.82, 2.24) is 14.9 Å². The summed E-state index contributed by atoms with van der Waals surface area (Å²) in [6.07, 6.45) is 2.04. The van der Waals surface area contributed by atoms with Crippen LogP contribution in [0.15, 0.2) is 35.1 Å². The second-order valence-corrected chi connectivity index (χ2v) is 8.55. The first-order valence-corrected chi connectivity index (χ1v) is 11.1. The first kappa shape index (κ1) is 22.1. The maximum absolute atomic E-state index is 13.3. The van der Waals surface area contributed by atoms with E-state index in [1.165, 1.54) is 7.11 Å². The number of carbonyl (C=O) groups is 1. The maximum Gasteiger partial charge on any atom is 0.256 e. The Bertz CT molecular complexity index is 1190. The molecular formula is C25H31N3O4. The summed E-state index contributed by atoms with van der Waals surface area (Å²) >= 11 is 0. The van der Waals surface area contributed by atoms with Crippen LogP contribution in [0.1, 0.15) is 53.1 Å². The number of para-hydroxylation sites is 1. The highest BCUT2D eigenvalue weighted by molar-refractivity contribution is 6.08. The smallest absolute Gasteiger partial charge is 0.256 e. The Kier molecular flexibility index (Phi) is 6.37. The van der Waals surface area contributed by atoms with Gasteiger partial charge in [0.2, 0.25) is 0 Å². The Hall–Kier alpha value is -3.06. The second-order valence-electron chi connectivity index (χ2n) is 8.55. The van der Waals surface area contributed by atoms with Crippen LogP contribution in [0.3, 0.4) is 0 Å². The lowest BCUT2D eigenvalue weighted by Gasteiger charge is -2.30. The van der Waals surface area contributed by atoms with Crippen molar-refractivity contribution in [3.05, 3.63) is 63.2 Å². The number of nitrogens with one attached hydrogen (secondary N) is 2. The number of pyridine rings is 1. The van der Waals surface area contributed by atoms with Crippen molar-refractivity contribution < 1.29 is 14.3 Å². The van der Waals surface area contributed by atoms with Crippen LogP contribution in [-0.2, 0) is 11.3 Å². The van der Waals surface area contributed by atoms with Crippen molar-refractivity contribution in [3.63, 3.8) is 0 Å². The zero-order chi connectivity index (χ0) is 22.8. The van der Waals surface area contributed by atoms with Gasteiger partial charge < -0.3 is 24.3 Å². The summed E-state index contributed by atoms with van der Waals surface area (Å²) in [6.45, 7) is 7.69. The van der Waals surface area contributed by atoms with Gasteiger partial charge in [0.15, 0.2) is 0 Å². The van der Waals surface area contributed by atoms with Crippen LogP contribution >= 0.6 is 0 Å². The Morgan fingerprint density at radius 2 is 2.00 bits per heavy atom. The molecule has 32 heavy (non-hydrogen) atoms. The lowest BCUT2D eigenvalue weighted by Crippen LogP contribution is -2.28. The van der Waals surface area contributed by atoms with Crippen LogP contribution < -0.4 is 15.6 Å². The Balaban J connectivity index is 1.67. The molecule has 1 aromatic carbocycles. The minimum atomic E-state index is -0.255. The van der Waals surface area contributed by atoms with Gasteiger partial charge >= 0.3 is 0 Å². The number of amides is 1. The summed E-state index contributed by atoms with van der Waals surface area (Å²) in [5.41, 5.74) is 3.51. The van der Waals surface area contributed by atoms with Crippen LogP contribution in [0.5, 0.6) is 5.75 Å². The fourth-order valence-corrected chi connectivity index (χ4v) is 4.90. The Morgan fingerprint density at radius 1 is 1.28 bits per heavy atom. The van der Waals surface area contributed by atoms with Gasteiger partial charge in [0.1, 0.15) is 5.75 Å². The number of aryl methyl sites for hydroxylation is 1. The van der Waals surface area contributed by atoms with Crippen LogP contribution in [0.4, 0.5) is 0 Å². The van der Waals surface area contributed by atoms with Gasteiger partial charge in [-0.15, -0.1) is 0 Å². The molecule has 0 spiro atoms. The molecule has 2 aromatic heterocycles. The predicted molar refractivity (Wildman–Crippen MR) is 124 cm³/mol. The van der Waals surface area contributed by atoms with Crippen LogP contribution in [0.25, 0.3) is 10.9 Å². The second kappa shape index (κ2) is 9.20. The Labute approximate surface area is 187 Å². The fourth-order valence-electron chi connectivity index (χ4n) is 4.90. The van der Waals surface area contributed by atoms with E-state index in [9.17, 15) is 9.59 Å². The van der Waals surface area contributed by atoms with Gasteiger partial charge in [0.25, 0.3) is 11.5 Å². The average Bonchev–Trinajstić information content (AvgIpc) is 3.09. The molecule has 170 valence electrons. The van der Waals surface area contributed by atoms with Crippen molar-refractivity contribution in [2.24, 2.45) is 5.92 Å². The zero-order valence-electron chi connectivity index (χ0n) is 19.2. The van der Waals surface area contributed by atoms with Gasteiger partial charge in [-0.3, -0.25) is 9.59 Å². The van der Waals surface area contributed by atoms with Gasteiger partial charge in [0, 0.05) is 41.5 Å². The number of hydrogen-bond donors (Lipinski definition) is 2. The standard InChI is InChI=1S/C25H31N3O4/c1-15-13-22(31-4)20(24(29)27-15)14-26-25(30)23-17(3)28(21-8-6-5-7-19(21)23)16(2)18-9-11-32-12-10-18/h5-8,13,16,18H,9-12,14H2,1-4H3,(H,26,30)(H,27,29)/t16-/m0/s1. The average molecular weight is 438 g/mol. The van der Waals surface area contributed by atoms with E-state index < -0.39 is 0 Å². The number of nitrogens with zero attached hydrogens (tertiary/aromatic N) is 1. The molecule has 0 radical (unpaired) electrons. The van der Waals surface area contributed by atoms with Crippen LogP contribution in [0.2, 0.25) is 0 Å². The molecule has 7 nitrogen and oxygen atoms in total. The van der Waals surface area contributed by atoms with Crippen molar-refractivity contribution in [1.29, 1.82) is 0 Å². The molecule has 3 aromatic rings. The summed E-state index contributed by atoms with van der Waals surface area (Å²) in [4.78, 5) is 28.5. The van der Waals surface area contributed by atoms with Gasteiger partial charge in [0.05, 0.1) is 24.8 Å². The molecular weight excluding hydrogens is 406 g/mol. The van der Waals surface area contributed by atoms with Crippen LogP contribution in [0, 0.1) is 19.8 Å². The lowest BCUT2D eigenvalue weighted by molar-refractivity contribution is 0.0517. The van der Waals surface area contributed by atoms with E-state index in [1.807, 2.05) is 25.1 Å². The highest BCUT2D eigenvalue weighted by atomic mass is 16.5. The molecule has 1 atom stereocenters. The Morgan fingerprint density at radius 3 is 2.72 bits per heavy atom. The van der Waals surface area contributed by atoms with E-state index in [0.717, 1.165) is 42.7 Å². The molecule has 7 heteroatoms. The molecule has 0 unspecified atom stereocenters. The molecule has 0 aliphatic carbocycles. The van der Waals surface area contributed by atoms with Gasteiger partial charge in [-0.25, -0.2) is 0 Å². The number of methoxy groups -OCH3 is 1. The third-order valence-electron chi connectivity index (χ3n) is 6.61. The van der Waals surface area contributed by atoms with Crippen LogP contribution in [-0.4, -0.2) is 35.8 Å². The van der Waals surface area contributed by atoms with E-state index in [4.69, 9.17) is 9.47 Å². The number of H-pyrrole nitrogens is 1. The summed E-state index contributed by atoms with van der Waals surface area (Å²) in [5.74, 6) is 0.780. The van der Waals surface area contributed by atoms with Crippen molar-refractivity contribution in [3.8, 4) is 5.75 Å². The van der Waals surface area contributed by atoms with Gasteiger partial charge in [-0.1, -0.05) is 18.2 Å². The number of benzene rings is 1. The number of aromatic amines is 1. The maximum atomic E-state index is 13.3. The van der Waals surface area contributed by atoms with Crippen molar-refractivity contribution in [2.45, 2.75) is 46.2 Å². The summed E-state index contributed by atoms with van der Waals surface area (Å²) in [7, 11) is 1.52. The molecule has 3 heterocycles. The van der Waals surface area contributed by atoms with Gasteiger partial charge in [-0.2, -0.15) is 0 Å².